The Hall–Kier alpha value is -1.45. The fourth-order valence-electron chi connectivity index (χ4n) is 1.77. The summed E-state index contributed by atoms with van der Waals surface area (Å²) in [6.45, 7) is 1.91. The van der Waals surface area contributed by atoms with Gasteiger partial charge < -0.3 is 5.11 Å². The van der Waals surface area contributed by atoms with Crippen molar-refractivity contribution >= 4 is 11.6 Å². The van der Waals surface area contributed by atoms with E-state index >= 15 is 0 Å². The molecule has 2 rings (SSSR count). The van der Waals surface area contributed by atoms with Gasteiger partial charge in [0.05, 0.1) is 11.1 Å². The zero-order chi connectivity index (χ0) is 13.1. The van der Waals surface area contributed by atoms with Crippen LogP contribution in [0.2, 0.25) is 5.02 Å². The minimum atomic E-state index is -0.668. The molecule has 1 heterocycles. The monoisotopic (exact) mass is 265 g/mol. The number of nitrogens with zero attached hydrogens (tertiary/aromatic N) is 1. The summed E-state index contributed by atoms with van der Waals surface area (Å²) in [6.07, 6.45) is 3.07. The fourth-order valence-corrected chi connectivity index (χ4v) is 1.97. The number of hydrogen-bond donors (Lipinski definition) is 1. The van der Waals surface area contributed by atoms with E-state index in [2.05, 4.69) is 4.98 Å². The van der Waals surface area contributed by atoms with Crippen molar-refractivity contribution < 1.29 is 9.50 Å². The van der Waals surface area contributed by atoms with Gasteiger partial charge in [-0.05, 0) is 35.7 Å². The molecule has 18 heavy (non-hydrogen) atoms. The summed E-state index contributed by atoms with van der Waals surface area (Å²) in [5.74, 6) is -0.452. The maximum atomic E-state index is 13.0. The second-order valence-electron chi connectivity index (χ2n) is 4.26. The molecule has 4 heteroatoms. The van der Waals surface area contributed by atoms with Crippen LogP contribution in [0.25, 0.3) is 0 Å². The van der Waals surface area contributed by atoms with Gasteiger partial charge in [0, 0.05) is 18.8 Å². The predicted octanol–water partition coefficient (Wildman–Crippen LogP) is 3.46. The lowest BCUT2D eigenvalue weighted by atomic mass is 10.0. The Morgan fingerprint density at radius 2 is 2.11 bits per heavy atom. The van der Waals surface area contributed by atoms with Crippen molar-refractivity contribution in [2.75, 3.05) is 0 Å². The fraction of sp³-hybridized carbons (Fsp3) is 0.214. The number of aromatic nitrogens is 1. The van der Waals surface area contributed by atoms with Crippen LogP contribution < -0.4 is 0 Å². The molecule has 0 amide bonds. The molecule has 0 spiro atoms. The second-order valence-corrected chi connectivity index (χ2v) is 4.67. The molecule has 0 saturated carbocycles. The van der Waals surface area contributed by atoms with E-state index in [-0.39, 0.29) is 5.02 Å². The second kappa shape index (κ2) is 5.46. The number of rotatable bonds is 3. The summed E-state index contributed by atoms with van der Waals surface area (Å²) >= 11 is 5.70. The summed E-state index contributed by atoms with van der Waals surface area (Å²) in [5.41, 5.74) is 2.52. The van der Waals surface area contributed by atoms with Crippen molar-refractivity contribution in [3.05, 3.63) is 64.2 Å². The highest BCUT2D eigenvalue weighted by molar-refractivity contribution is 6.30. The maximum absolute atomic E-state index is 13.0. The topological polar surface area (TPSA) is 33.1 Å². The summed E-state index contributed by atoms with van der Waals surface area (Å²) < 4.78 is 13.0. The summed E-state index contributed by atoms with van der Waals surface area (Å²) in [5, 5.41) is 10.2. The van der Waals surface area contributed by atoms with Gasteiger partial charge in [0.1, 0.15) is 5.82 Å². The molecule has 0 aliphatic rings. The lowest BCUT2D eigenvalue weighted by molar-refractivity contribution is 0.178. The van der Waals surface area contributed by atoms with Crippen molar-refractivity contribution in [2.45, 2.75) is 19.4 Å². The van der Waals surface area contributed by atoms with E-state index in [9.17, 15) is 9.50 Å². The Morgan fingerprint density at radius 1 is 1.33 bits per heavy atom. The summed E-state index contributed by atoms with van der Waals surface area (Å²) in [6, 6.07) is 6.33. The molecule has 0 aliphatic heterocycles. The van der Waals surface area contributed by atoms with Crippen LogP contribution >= 0.6 is 11.6 Å². The third-order valence-electron chi connectivity index (χ3n) is 2.69. The number of hydrogen-bond acceptors (Lipinski definition) is 2. The third kappa shape index (κ3) is 3.06. The van der Waals surface area contributed by atoms with Gasteiger partial charge >= 0.3 is 0 Å². The standard InChI is InChI=1S/C14H13ClFNO/c1-9-4-11(8-17-7-9)14(18)6-10-2-3-13(16)12(15)5-10/h2-5,7-8,14,18H,6H2,1H3. The molecule has 0 radical (unpaired) electrons. The van der Waals surface area contributed by atoms with E-state index in [1.54, 1.807) is 18.5 Å². The first kappa shape index (κ1) is 13.0. The molecule has 94 valence electrons. The SMILES string of the molecule is Cc1cncc(C(O)Cc2ccc(F)c(Cl)c2)c1. The number of aryl methyl sites for hydroxylation is 1. The normalized spacial score (nSPS) is 12.4. The zero-order valence-corrected chi connectivity index (χ0v) is 10.7. The molecule has 0 bridgehead atoms. The van der Waals surface area contributed by atoms with Crippen LogP contribution in [0.15, 0.2) is 36.7 Å². The number of halogens is 2. The lowest BCUT2D eigenvalue weighted by Gasteiger charge is -2.11. The highest BCUT2D eigenvalue weighted by Crippen LogP contribution is 2.22. The first-order valence-corrected chi connectivity index (χ1v) is 5.97. The first-order chi connectivity index (χ1) is 8.56. The summed E-state index contributed by atoms with van der Waals surface area (Å²) in [4.78, 5) is 4.03. The van der Waals surface area contributed by atoms with Crippen LogP contribution in [0.5, 0.6) is 0 Å². The van der Waals surface area contributed by atoms with Crippen LogP contribution in [-0.4, -0.2) is 10.1 Å². The maximum Gasteiger partial charge on any atom is 0.141 e. The average molecular weight is 266 g/mol. The van der Waals surface area contributed by atoms with E-state index in [0.717, 1.165) is 16.7 Å². The van der Waals surface area contributed by atoms with Crippen LogP contribution in [0, 0.1) is 12.7 Å². The van der Waals surface area contributed by atoms with Crippen LogP contribution in [0.3, 0.4) is 0 Å². The van der Waals surface area contributed by atoms with Gasteiger partial charge in [0.15, 0.2) is 0 Å². The van der Waals surface area contributed by atoms with Crippen LogP contribution in [-0.2, 0) is 6.42 Å². The van der Waals surface area contributed by atoms with E-state index in [4.69, 9.17) is 11.6 Å². The highest BCUT2D eigenvalue weighted by atomic mass is 35.5. The van der Waals surface area contributed by atoms with E-state index in [1.165, 1.54) is 12.1 Å². The van der Waals surface area contributed by atoms with Gasteiger partial charge in [0.2, 0.25) is 0 Å². The minimum Gasteiger partial charge on any atom is -0.388 e. The van der Waals surface area contributed by atoms with E-state index < -0.39 is 11.9 Å². The Kier molecular flexibility index (Phi) is 3.94. The predicted molar refractivity (Wildman–Crippen MR) is 69.0 cm³/mol. The smallest absolute Gasteiger partial charge is 0.141 e. The van der Waals surface area contributed by atoms with Gasteiger partial charge in [-0.1, -0.05) is 23.7 Å². The van der Waals surface area contributed by atoms with Gasteiger partial charge in [-0.2, -0.15) is 0 Å². The largest absolute Gasteiger partial charge is 0.388 e. The van der Waals surface area contributed by atoms with Crippen molar-refractivity contribution in [1.82, 2.24) is 4.98 Å². The van der Waals surface area contributed by atoms with Gasteiger partial charge in [-0.25, -0.2) is 4.39 Å². The van der Waals surface area contributed by atoms with Gasteiger partial charge in [0.25, 0.3) is 0 Å². The molecular formula is C14H13ClFNO. The molecule has 2 nitrogen and oxygen atoms in total. The molecule has 1 aromatic heterocycles. The quantitative estimate of drug-likeness (QED) is 0.922. The highest BCUT2D eigenvalue weighted by Gasteiger charge is 2.10. The molecule has 1 unspecified atom stereocenters. The number of aliphatic hydroxyl groups is 1. The minimum absolute atomic E-state index is 0.0714. The Labute approximate surface area is 110 Å². The van der Waals surface area contributed by atoms with Crippen LogP contribution in [0.1, 0.15) is 22.8 Å². The van der Waals surface area contributed by atoms with Gasteiger partial charge in [-0.3, -0.25) is 4.98 Å². The van der Waals surface area contributed by atoms with Gasteiger partial charge in [-0.15, -0.1) is 0 Å². The van der Waals surface area contributed by atoms with Crippen molar-refractivity contribution in [3.63, 3.8) is 0 Å². The Morgan fingerprint density at radius 3 is 2.78 bits per heavy atom. The first-order valence-electron chi connectivity index (χ1n) is 5.60. The van der Waals surface area contributed by atoms with E-state index in [1.807, 2.05) is 13.0 Å². The number of pyridine rings is 1. The Bertz CT molecular complexity index is 559. The zero-order valence-electron chi connectivity index (χ0n) is 9.90. The van der Waals surface area contributed by atoms with Crippen molar-refractivity contribution in [2.24, 2.45) is 0 Å². The Balaban J connectivity index is 2.16. The molecule has 2 aromatic rings. The number of aliphatic hydroxyl groups excluding tert-OH is 1. The van der Waals surface area contributed by atoms with Crippen molar-refractivity contribution in [1.29, 1.82) is 0 Å². The average Bonchev–Trinajstić information content (AvgIpc) is 2.34. The lowest BCUT2D eigenvalue weighted by Crippen LogP contribution is -2.03. The molecule has 0 aliphatic carbocycles. The van der Waals surface area contributed by atoms with E-state index in [0.29, 0.717) is 6.42 Å². The molecule has 0 saturated heterocycles. The number of benzene rings is 1. The molecule has 1 aromatic carbocycles. The molecule has 1 atom stereocenters. The molecular weight excluding hydrogens is 253 g/mol. The summed E-state index contributed by atoms with van der Waals surface area (Å²) in [7, 11) is 0. The van der Waals surface area contributed by atoms with Crippen molar-refractivity contribution in [3.8, 4) is 0 Å². The van der Waals surface area contributed by atoms with Crippen LogP contribution in [0.4, 0.5) is 4.39 Å². The molecule has 1 N–H and O–H groups in total. The molecule has 0 fully saturated rings. The third-order valence-corrected chi connectivity index (χ3v) is 2.98.